The molecule has 1 N–H and O–H groups in total. The van der Waals surface area contributed by atoms with Crippen molar-refractivity contribution in [2.24, 2.45) is 0 Å². The Labute approximate surface area is 115 Å². The van der Waals surface area contributed by atoms with Crippen LogP contribution in [0, 0.1) is 0 Å². The van der Waals surface area contributed by atoms with E-state index in [1.165, 1.54) is 0 Å². The number of pyridine rings is 1. The number of benzene rings is 1. The summed E-state index contributed by atoms with van der Waals surface area (Å²) in [7, 11) is 0. The van der Waals surface area contributed by atoms with E-state index < -0.39 is 0 Å². The number of aromatic nitrogens is 1. The lowest BCUT2D eigenvalue weighted by molar-refractivity contribution is 0.102. The number of fused-ring (bicyclic) bond motifs is 1. The van der Waals surface area contributed by atoms with Gasteiger partial charge in [-0.25, -0.2) is 4.98 Å². The van der Waals surface area contributed by atoms with Crippen molar-refractivity contribution in [1.29, 1.82) is 0 Å². The van der Waals surface area contributed by atoms with Crippen LogP contribution in [0.4, 0.5) is 5.69 Å². The maximum absolute atomic E-state index is 12.0. The molecular formula is C14H11ClN2O2. The van der Waals surface area contributed by atoms with Crippen LogP contribution in [0.5, 0.6) is 5.75 Å². The largest absolute Gasteiger partial charge is 0.493 e. The molecule has 0 spiro atoms. The van der Waals surface area contributed by atoms with Crippen molar-refractivity contribution in [3.63, 3.8) is 0 Å². The zero-order valence-electron chi connectivity index (χ0n) is 10.0. The van der Waals surface area contributed by atoms with Crippen molar-refractivity contribution >= 4 is 23.2 Å². The highest BCUT2D eigenvalue weighted by molar-refractivity contribution is 6.29. The zero-order chi connectivity index (χ0) is 13.2. The Kier molecular flexibility index (Phi) is 3.09. The lowest BCUT2D eigenvalue weighted by Crippen LogP contribution is -2.13. The number of carbonyl (C=O) groups excluding carboxylic acids is 1. The van der Waals surface area contributed by atoms with E-state index in [2.05, 4.69) is 10.3 Å². The van der Waals surface area contributed by atoms with E-state index in [-0.39, 0.29) is 5.91 Å². The predicted octanol–water partition coefficient (Wildman–Crippen LogP) is 2.92. The molecule has 4 nitrogen and oxygen atoms in total. The first-order valence-corrected chi connectivity index (χ1v) is 6.30. The fourth-order valence-electron chi connectivity index (χ4n) is 1.99. The number of nitrogens with zero attached hydrogens (tertiary/aromatic N) is 1. The minimum Gasteiger partial charge on any atom is -0.493 e. The van der Waals surface area contributed by atoms with Crippen molar-refractivity contribution in [2.75, 3.05) is 11.9 Å². The Bertz CT molecular complexity index is 643. The van der Waals surface area contributed by atoms with Crippen LogP contribution in [-0.4, -0.2) is 17.5 Å². The van der Waals surface area contributed by atoms with Gasteiger partial charge in [0.1, 0.15) is 16.6 Å². The Balaban J connectivity index is 1.80. The molecule has 2 heterocycles. The van der Waals surface area contributed by atoms with E-state index in [0.717, 1.165) is 23.4 Å². The van der Waals surface area contributed by atoms with Gasteiger partial charge >= 0.3 is 0 Å². The second kappa shape index (κ2) is 4.90. The van der Waals surface area contributed by atoms with Gasteiger partial charge in [0.2, 0.25) is 0 Å². The van der Waals surface area contributed by atoms with Gasteiger partial charge in [0, 0.05) is 12.1 Å². The molecule has 0 aliphatic carbocycles. The molecule has 3 rings (SSSR count). The standard InChI is InChI=1S/C14H11ClN2O2/c15-13-3-1-2-11(17-13)14(18)16-10-4-5-12-9(8-10)6-7-19-12/h1-5,8H,6-7H2,(H,16,18). The van der Waals surface area contributed by atoms with Gasteiger partial charge in [-0.15, -0.1) is 0 Å². The second-order valence-corrected chi connectivity index (χ2v) is 4.61. The van der Waals surface area contributed by atoms with Crippen LogP contribution in [-0.2, 0) is 6.42 Å². The summed E-state index contributed by atoms with van der Waals surface area (Å²) in [4.78, 5) is 16.0. The van der Waals surface area contributed by atoms with Crippen LogP contribution in [0.1, 0.15) is 16.1 Å². The molecule has 19 heavy (non-hydrogen) atoms. The van der Waals surface area contributed by atoms with Gasteiger partial charge in [0.15, 0.2) is 0 Å². The summed E-state index contributed by atoms with van der Waals surface area (Å²) in [5, 5.41) is 3.10. The average molecular weight is 275 g/mol. The van der Waals surface area contributed by atoms with Crippen LogP contribution in [0.15, 0.2) is 36.4 Å². The molecule has 0 bridgehead atoms. The average Bonchev–Trinajstić information content (AvgIpc) is 2.86. The minimum absolute atomic E-state index is 0.277. The maximum Gasteiger partial charge on any atom is 0.274 e. The third-order valence-electron chi connectivity index (χ3n) is 2.90. The van der Waals surface area contributed by atoms with Crippen molar-refractivity contribution < 1.29 is 9.53 Å². The van der Waals surface area contributed by atoms with Gasteiger partial charge in [0.05, 0.1) is 6.61 Å². The summed E-state index contributed by atoms with van der Waals surface area (Å²) in [5.41, 5.74) is 2.14. The Hall–Kier alpha value is -2.07. The molecule has 0 radical (unpaired) electrons. The summed E-state index contributed by atoms with van der Waals surface area (Å²) >= 11 is 5.76. The van der Waals surface area contributed by atoms with E-state index in [1.54, 1.807) is 18.2 Å². The summed E-state index contributed by atoms with van der Waals surface area (Å²) in [6, 6.07) is 10.5. The molecule has 1 aliphatic heterocycles. The van der Waals surface area contributed by atoms with Crippen molar-refractivity contribution in [2.45, 2.75) is 6.42 Å². The third kappa shape index (κ3) is 2.53. The van der Waals surface area contributed by atoms with E-state index in [9.17, 15) is 4.79 Å². The number of nitrogens with one attached hydrogen (secondary N) is 1. The van der Waals surface area contributed by atoms with E-state index in [4.69, 9.17) is 16.3 Å². The number of rotatable bonds is 2. The van der Waals surface area contributed by atoms with E-state index in [1.807, 2.05) is 18.2 Å². The number of ether oxygens (including phenoxy) is 1. The van der Waals surface area contributed by atoms with Crippen LogP contribution in [0.2, 0.25) is 5.15 Å². The molecule has 0 fully saturated rings. The minimum atomic E-state index is -0.277. The molecule has 1 amide bonds. The van der Waals surface area contributed by atoms with Gasteiger partial charge in [-0.1, -0.05) is 17.7 Å². The molecular weight excluding hydrogens is 264 g/mol. The number of anilines is 1. The van der Waals surface area contributed by atoms with Gasteiger partial charge < -0.3 is 10.1 Å². The maximum atomic E-state index is 12.0. The molecule has 0 saturated heterocycles. The summed E-state index contributed by atoms with van der Waals surface area (Å²) in [6.07, 6.45) is 0.870. The SMILES string of the molecule is O=C(Nc1ccc2c(c1)CCO2)c1cccc(Cl)n1. The molecule has 5 heteroatoms. The summed E-state index contributed by atoms with van der Waals surface area (Å²) in [5.74, 6) is 0.611. The van der Waals surface area contributed by atoms with Crippen LogP contribution < -0.4 is 10.1 Å². The number of carbonyl (C=O) groups is 1. The normalized spacial score (nSPS) is 12.7. The summed E-state index contributed by atoms with van der Waals surface area (Å²) < 4.78 is 5.42. The molecule has 96 valence electrons. The van der Waals surface area contributed by atoms with Crippen LogP contribution in [0.3, 0.4) is 0 Å². The molecule has 1 aliphatic rings. The fourth-order valence-corrected chi connectivity index (χ4v) is 2.16. The van der Waals surface area contributed by atoms with Gasteiger partial charge in [-0.05, 0) is 35.9 Å². The molecule has 1 aromatic heterocycles. The second-order valence-electron chi connectivity index (χ2n) is 4.22. The summed E-state index contributed by atoms with van der Waals surface area (Å²) in [6.45, 7) is 0.697. The Morgan fingerprint density at radius 2 is 2.21 bits per heavy atom. The zero-order valence-corrected chi connectivity index (χ0v) is 10.8. The van der Waals surface area contributed by atoms with Gasteiger partial charge in [0.25, 0.3) is 5.91 Å². The first-order chi connectivity index (χ1) is 9.22. The molecule has 0 unspecified atom stereocenters. The lowest BCUT2D eigenvalue weighted by atomic mass is 10.1. The topological polar surface area (TPSA) is 51.2 Å². The molecule has 0 atom stereocenters. The van der Waals surface area contributed by atoms with Gasteiger partial charge in [-0.2, -0.15) is 0 Å². The number of amides is 1. The fraction of sp³-hybridized carbons (Fsp3) is 0.143. The van der Waals surface area contributed by atoms with Gasteiger partial charge in [-0.3, -0.25) is 4.79 Å². The first kappa shape index (κ1) is 12.0. The number of halogens is 1. The number of hydrogen-bond donors (Lipinski definition) is 1. The van der Waals surface area contributed by atoms with E-state index >= 15 is 0 Å². The van der Waals surface area contributed by atoms with E-state index in [0.29, 0.717) is 17.5 Å². The number of hydrogen-bond acceptors (Lipinski definition) is 3. The molecule has 2 aromatic rings. The van der Waals surface area contributed by atoms with Crippen molar-refractivity contribution in [1.82, 2.24) is 4.98 Å². The van der Waals surface area contributed by atoms with Crippen LogP contribution in [0.25, 0.3) is 0 Å². The lowest BCUT2D eigenvalue weighted by Gasteiger charge is -2.06. The highest BCUT2D eigenvalue weighted by Crippen LogP contribution is 2.27. The third-order valence-corrected chi connectivity index (χ3v) is 3.11. The predicted molar refractivity (Wildman–Crippen MR) is 72.8 cm³/mol. The highest BCUT2D eigenvalue weighted by Gasteiger charge is 2.14. The molecule has 0 saturated carbocycles. The Morgan fingerprint density at radius 3 is 3.05 bits per heavy atom. The highest BCUT2D eigenvalue weighted by atomic mass is 35.5. The Morgan fingerprint density at radius 1 is 1.32 bits per heavy atom. The first-order valence-electron chi connectivity index (χ1n) is 5.92. The van der Waals surface area contributed by atoms with Crippen molar-refractivity contribution in [3.8, 4) is 5.75 Å². The molecule has 1 aromatic carbocycles. The monoisotopic (exact) mass is 274 g/mol. The quantitative estimate of drug-likeness (QED) is 0.857. The van der Waals surface area contributed by atoms with Crippen LogP contribution >= 0.6 is 11.6 Å². The smallest absolute Gasteiger partial charge is 0.274 e. The van der Waals surface area contributed by atoms with Crippen molar-refractivity contribution in [3.05, 3.63) is 52.8 Å².